The van der Waals surface area contributed by atoms with Gasteiger partial charge in [-0.05, 0) is 24.6 Å². The normalized spacial score (nSPS) is 10.9. The lowest BCUT2D eigenvalue weighted by Crippen LogP contribution is -2.10. The number of benzene rings is 1. The molecule has 0 bridgehead atoms. The highest BCUT2D eigenvalue weighted by Gasteiger charge is 2.16. The number of nitrogens with zero attached hydrogens (tertiary/aromatic N) is 5. The minimum Gasteiger partial charge on any atom is -0.366 e. The molecule has 0 spiro atoms. The fraction of sp³-hybridized carbons (Fsp3) is 0.294. The predicted octanol–water partition coefficient (Wildman–Crippen LogP) is 2.24. The van der Waals surface area contributed by atoms with Gasteiger partial charge in [0, 0.05) is 30.9 Å². The summed E-state index contributed by atoms with van der Waals surface area (Å²) in [5.41, 5.74) is 7.51. The Kier molecular flexibility index (Phi) is 4.41. The van der Waals surface area contributed by atoms with Gasteiger partial charge in [-0.2, -0.15) is 10.2 Å². The molecule has 24 heavy (non-hydrogen) atoms. The van der Waals surface area contributed by atoms with Crippen molar-refractivity contribution in [3.8, 4) is 22.9 Å². The highest BCUT2D eigenvalue weighted by atomic mass is 16.1. The zero-order chi connectivity index (χ0) is 17.1. The number of rotatable bonds is 6. The molecule has 0 saturated heterocycles. The van der Waals surface area contributed by atoms with Crippen molar-refractivity contribution in [2.24, 2.45) is 12.8 Å². The summed E-state index contributed by atoms with van der Waals surface area (Å²) in [7, 11) is 1.88. The molecule has 3 rings (SSSR count). The lowest BCUT2D eigenvalue weighted by Gasteiger charge is -2.04. The Morgan fingerprint density at radius 2 is 1.96 bits per heavy atom. The summed E-state index contributed by atoms with van der Waals surface area (Å²) in [6.07, 6.45) is 3.84. The summed E-state index contributed by atoms with van der Waals surface area (Å²) >= 11 is 0. The van der Waals surface area contributed by atoms with Crippen LogP contribution in [0.1, 0.15) is 30.1 Å². The van der Waals surface area contributed by atoms with E-state index in [9.17, 15) is 4.79 Å². The molecule has 2 aromatic heterocycles. The average Bonchev–Trinajstić information content (AvgIpc) is 3.18. The first kappa shape index (κ1) is 15.9. The minimum atomic E-state index is -0.446. The number of aromatic nitrogens is 5. The Morgan fingerprint density at radius 1 is 1.21 bits per heavy atom. The van der Waals surface area contributed by atoms with Crippen LogP contribution in [0.25, 0.3) is 22.9 Å². The van der Waals surface area contributed by atoms with Crippen LogP contribution in [0.5, 0.6) is 0 Å². The summed E-state index contributed by atoms with van der Waals surface area (Å²) in [5.74, 6) is 0.967. The second kappa shape index (κ2) is 6.66. The molecule has 0 atom stereocenters. The maximum Gasteiger partial charge on any atom is 0.248 e. The number of amides is 1. The molecular weight excluding hydrogens is 304 g/mol. The van der Waals surface area contributed by atoms with Gasteiger partial charge < -0.3 is 5.73 Å². The predicted molar refractivity (Wildman–Crippen MR) is 91.1 cm³/mol. The van der Waals surface area contributed by atoms with E-state index < -0.39 is 5.91 Å². The molecule has 0 unspecified atom stereocenters. The summed E-state index contributed by atoms with van der Waals surface area (Å²) in [6.45, 7) is 2.94. The first-order valence-corrected chi connectivity index (χ1v) is 7.93. The molecule has 0 fully saturated rings. The van der Waals surface area contributed by atoms with Crippen molar-refractivity contribution in [2.45, 2.75) is 26.3 Å². The van der Waals surface area contributed by atoms with E-state index >= 15 is 0 Å². The third-order valence-corrected chi connectivity index (χ3v) is 3.87. The number of unbranched alkanes of at least 4 members (excludes halogenated alkanes) is 1. The molecule has 0 aliphatic rings. The van der Waals surface area contributed by atoms with Gasteiger partial charge in [0.25, 0.3) is 0 Å². The standard InChI is InChI=1S/C17H20N6O/c1-3-4-11-23-17(14-9-10-19-22(14)2)20-16(21-23)13-7-5-12(6-8-13)15(18)24/h5-10H,3-4,11H2,1-2H3,(H2,18,24). The highest BCUT2D eigenvalue weighted by molar-refractivity contribution is 5.93. The van der Waals surface area contributed by atoms with Crippen LogP contribution in [-0.2, 0) is 13.6 Å². The van der Waals surface area contributed by atoms with Gasteiger partial charge in [-0.3, -0.25) is 9.48 Å². The fourth-order valence-corrected chi connectivity index (χ4v) is 2.49. The summed E-state index contributed by atoms with van der Waals surface area (Å²) in [6, 6.07) is 8.92. The Hall–Kier alpha value is -2.96. The van der Waals surface area contributed by atoms with Gasteiger partial charge in [-0.15, -0.1) is 0 Å². The smallest absolute Gasteiger partial charge is 0.248 e. The number of hydrogen-bond donors (Lipinski definition) is 1. The van der Waals surface area contributed by atoms with Gasteiger partial charge in [0.2, 0.25) is 5.91 Å². The monoisotopic (exact) mass is 324 g/mol. The van der Waals surface area contributed by atoms with Gasteiger partial charge in [0.05, 0.1) is 0 Å². The first-order chi connectivity index (χ1) is 11.6. The van der Waals surface area contributed by atoms with Crippen molar-refractivity contribution in [1.82, 2.24) is 24.5 Å². The van der Waals surface area contributed by atoms with E-state index in [1.807, 2.05) is 29.9 Å². The van der Waals surface area contributed by atoms with Crippen LogP contribution in [0.15, 0.2) is 36.5 Å². The van der Waals surface area contributed by atoms with E-state index in [0.29, 0.717) is 11.4 Å². The molecule has 3 aromatic rings. The van der Waals surface area contributed by atoms with Crippen LogP contribution in [0, 0.1) is 0 Å². The minimum absolute atomic E-state index is 0.446. The fourth-order valence-electron chi connectivity index (χ4n) is 2.49. The molecule has 7 heteroatoms. The van der Waals surface area contributed by atoms with E-state index in [4.69, 9.17) is 5.73 Å². The molecule has 124 valence electrons. The van der Waals surface area contributed by atoms with Crippen LogP contribution < -0.4 is 5.73 Å². The Labute approximate surface area is 140 Å². The maximum absolute atomic E-state index is 11.2. The molecule has 1 aromatic carbocycles. The summed E-state index contributed by atoms with van der Waals surface area (Å²) in [5, 5.41) is 8.85. The number of carbonyl (C=O) groups is 1. The lowest BCUT2D eigenvalue weighted by molar-refractivity contribution is 0.100. The number of primary amides is 1. The number of aryl methyl sites for hydroxylation is 2. The van der Waals surface area contributed by atoms with Crippen LogP contribution in [0.3, 0.4) is 0 Å². The number of hydrogen-bond acceptors (Lipinski definition) is 4. The molecule has 2 N–H and O–H groups in total. The van der Waals surface area contributed by atoms with Crippen molar-refractivity contribution in [3.63, 3.8) is 0 Å². The molecular formula is C17H20N6O. The largest absolute Gasteiger partial charge is 0.366 e. The lowest BCUT2D eigenvalue weighted by atomic mass is 10.1. The van der Waals surface area contributed by atoms with E-state index in [1.54, 1.807) is 23.0 Å². The summed E-state index contributed by atoms with van der Waals surface area (Å²) < 4.78 is 3.70. The van der Waals surface area contributed by atoms with E-state index in [1.165, 1.54) is 0 Å². The molecule has 2 heterocycles. The van der Waals surface area contributed by atoms with Gasteiger partial charge in [-0.1, -0.05) is 25.5 Å². The maximum atomic E-state index is 11.2. The Balaban J connectivity index is 2.01. The van der Waals surface area contributed by atoms with Crippen LogP contribution in [0.4, 0.5) is 0 Å². The zero-order valence-corrected chi connectivity index (χ0v) is 13.8. The third kappa shape index (κ3) is 3.05. The SMILES string of the molecule is CCCCn1nc(-c2ccc(C(N)=O)cc2)nc1-c1ccnn1C. The van der Waals surface area contributed by atoms with Crippen molar-refractivity contribution < 1.29 is 4.79 Å². The van der Waals surface area contributed by atoms with Crippen molar-refractivity contribution in [3.05, 3.63) is 42.1 Å². The van der Waals surface area contributed by atoms with Crippen molar-refractivity contribution >= 4 is 5.91 Å². The van der Waals surface area contributed by atoms with Gasteiger partial charge >= 0.3 is 0 Å². The van der Waals surface area contributed by atoms with E-state index in [2.05, 4.69) is 22.1 Å². The van der Waals surface area contributed by atoms with Crippen LogP contribution >= 0.6 is 0 Å². The van der Waals surface area contributed by atoms with E-state index in [0.717, 1.165) is 36.5 Å². The molecule has 7 nitrogen and oxygen atoms in total. The van der Waals surface area contributed by atoms with Gasteiger partial charge in [0.1, 0.15) is 5.69 Å². The summed E-state index contributed by atoms with van der Waals surface area (Å²) in [4.78, 5) is 15.9. The Bertz CT molecular complexity index is 846. The van der Waals surface area contributed by atoms with Gasteiger partial charge in [-0.25, -0.2) is 9.67 Å². The van der Waals surface area contributed by atoms with Crippen molar-refractivity contribution in [2.75, 3.05) is 0 Å². The Morgan fingerprint density at radius 3 is 2.54 bits per heavy atom. The van der Waals surface area contributed by atoms with Crippen LogP contribution in [0.2, 0.25) is 0 Å². The van der Waals surface area contributed by atoms with E-state index in [-0.39, 0.29) is 0 Å². The number of carbonyl (C=O) groups excluding carboxylic acids is 1. The highest BCUT2D eigenvalue weighted by Crippen LogP contribution is 2.22. The first-order valence-electron chi connectivity index (χ1n) is 7.93. The number of nitrogens with two attached hydrogens (primary N) is 1. The molecule has 0 aliphatic heterocycles. The molecule has 1 amide bonds. The molecule has 0 radical (unpaired) electrons. The van der Waals surface area contributed by atoms with Crippen molar-refractivity contribution in [1.29, 1.82) is 0 Å². The molecule has 0 saturated carbocycles. The van der Waals surface area contributed by atoms with Crippen LogP contribution in [-0.4, -0.2) is 30.5 Å². The quantitative estimate of drug-likeness (QED) is 0.752. The molecule has 0 aliphatic carbocycles. The second-order valence-corrected chi connectivity index (χ2v) is 5.62. The average molecular weight is 324 g/mol. The topological polar surface area (TPSA) is 91.6 Å². The zero-order valence-electron chi connectivity index (χ0n) is 13.8. The second-order valence-electron chi connectivity index (χ2n) is 5.62. The van der Waals surface area contributed by atoms with Gasteiger partial charge in [0.15, 0.2) is 11.6 Å². The third-order valence-electron chi connectivity index (χ3n) is 3.87.